The number of hydrogen-bond acceptors (Lipinski definition) is 2. The number of benzene rings is 1. The van der Waals surface area contributed by atoms with Gasteiger partial charge in [-0.05, 0) is 18.1 Å². The standard InChI is InChI=1S/C11H15Cl2NO/c1-7(2)10(6-14)15-9-5-3-4-8(12)11(9)13/h3-5,7,10H,6,14H2,1-2H3. The van der Waals surface area contributed by atoms with Crippen molar-refractivity contribution in [3.63, 3.8) is 0 Å². The van der Waals surface area contributed by atoms with E-state index in [9.17, 15) is 0 Å². The van der Waals surface area contributed by atoms with Gasteiger partial charge in [-0.1, -0.05) is 43.1 Å². The number of rotatable bonds is 4. The molecule has 2 N–H and O–H groups in total. The van der Waals surface area contributed by atoms with E-state index in [0.29, 0.717) is 28.3 Å². The van der Waals surface area contributed by atoms with E-state index < -0.39 is 0 Å². The summed E-state index contributed by atoms with van der Waals surface area (Å²) < 4.78 is 5.70. The van der Waals surface area contributed by atoms with Gasteiger partial charge in [0.05, 0.1) is 5.02 Å². The van der Waals surface area contributed by atoms with Gasteiger partial charge in [-0.3, -0.25) is 0 Å². The number of ether oxygens (including phenoxy) is 1. The first kappa shape index (κ1) is 12.6. The molecular weight excluding hydrogens is 233 g/mol. The van der Waals surface area contributed by atoms with Crippen LogP contribution in [-0.2, 0) is 0 Å². The molecule has 1 aromatic carbocycles. The fraction of sp³-hybridized carbons (Fsp3) is 0.455. The third kappa shape index (κ3) is 3.26. The van der Waals surface area contributed by atoms with E-state index >= 15 is 0 Å². The third-order valence-electron chi connectivity index (χ3n) is 2.17. The Balaban J connectivity index is 2.84. The Morgan fingerprint density at radius 2 is 2.00 bits per heavy atom. The second-order valence-corrected chi connectivity index (χ2v) is 4.47. The molecule has 0 heterocycles. The van der Waals surface area contributed by atoms with E-state index in [1.54, 1.807) is 18.2 Å². The van der Waals surface area contributed by atoms with E-state index in [0.717, 1.165) is 0 Å². The topological polar surface area (TPSA) is 35.2 Å². The summed E-state index contributed by atoms with van der Waals surface area (Å²) in [5.74, 6) is 0.929. The zero-order valence-electron chi connectivity index (χ0n) is 8.84. The first-order chi connectivity index (χ1) is 7.06. The van der Waals surface area contributed by atoms with Crippen LogP contribution in [0, 0.1) is 5.92 Å². The number of halogens is 2. The summed E-state index contributed by atoms with van der Waals surface area (Å²) >= 11 is 11.9. The Bertz CT molecular complexity index is 328. The molecule has 1 rings (SSSR count). The molecule has 2 nitrogen and oxygen atoms in total. The highest BCUT2D eigenvalue weighted by molar-refractivity contribution is 6.42. The maximum atomic E-state index is 6.00. The Kier molecular flexibility index (Phi) is 4.71. The van der Waals surface area contributed by atoms with E-state index in [-0.39, 0.29) is 6.10 Å². The van der Waals surface area contributed by atoms with Gasteiger partial charge in [-0.15, -0.1) is 0 Å². The highest BCUT2D eigenvalue weighted by Crippen LogP contribution is 2.32. The minimum absolute atomic E-state index is 0.0408. The van der Waals surface area contributed by atoms with Gasteiger partial charge < -0.3 is 10.5 Å². The van der Waals surface area contributed by atoms with Crippen LogP contribution in [0.15, 0.2) is 18.2 Å². The van der Waals surface area contributed by atoms with Crippen LogP contribution >= 0.6 is 23.2 Å². The summed E-state index contributed by atoms with van der Waals surface area (Å²) in [6.45, 7) is 4.56. The quantitative estimate of drug-likeness (QED) is 0.886. The molecule has 15 heavy (non-hydrogen) atoms. The van der Waals surface area contributed by atoms with Gasteiger partial charge in [-0.25, -0.2) is 0 Å². The zero-order chi connectivity index (χ0) is 11.4. The van der Waals surface area contributed by atoms with Crippen molar-refractivity contribution in [2.24, 2.45) is 11.7 Å². The van der Waals surface area contributed by atoms with Crippen LogP contribution in [0.25, 0.3) is 0 Å². The molecule has 1 aromatic rings. The van der Waals surface area contributed by atoms with E-state index in [1.807, 2.05) is 0 Å². The number of hydrogen-bond donors (Lipinski definition) is 1. The van der Waals surface area contributed by atoms with E-state index in [1.165, 1.54) is 0 Å². The average Bonchev–Trinajstić information content (AvgIpc) is 2.19. The van der Waals surface area contributed by atoms with Gasteiger partial charge in [0.25, 0.3) is 0 Å². The van der Waals surface area contributed by atoms with Crippen molar-refractivity contribution in [1.82, 2.24) is 0 Å². The van der Waals surface area contributed by atoms with Crippen LogP contribution in [0.1, 0.15) is 13.8 Å². The molecule has 0 aliphatic heterocycles. The third-order valence-corrected chi connectivity index (χ3v) is 2.97. The highest BCUT2D eigenvalue weighted by Gasteiger charge is 2.15. The number of nitrogens with two attached hydrogens (primary N) is 1. The second kappa shape index (κ2) is 5.59. The lowest BCUT2D eigenvalue weighted by atomic mass is 10.1. The largest absolute Gasteiger partial charge is 0.487 e. The van der Waals surface area contributed by atoms with Crippen molar-refractivity contribution in [2.75, 3.05) is 6.54 Å². The van der Waals surface area contributed by atoms with Crippen LogP contribution in [-0.4, -0.2) is 12.6 Å². The second-order valence-electron chi connectivity index (χ2n) is 3.69. The molecule has 0 radical (unpaired) electrons. The van der Waals surface area contributed by atoms with Crippen LogP contribution in [0.4, 0.5) is 0 Å². The fourth-order valence-electron chi connectivity index (χ4n) is 1.19. The monoisotopic (exact) mass is 247 g/mol. The molecule has 0 aromatic heterocycles. The molecule has 0 fully saturated rings. The van der Waals surface area contributed by atoms with Gasteiger partial charge in [0.15, 0.2) is 0 Å². The van der Waals surface area contributed by atoms with Crippen LogP contribution in [0.2, 0.25) is 10.0 Å². The Morgan fingerprint density at radius 3 is 2.53 bits per heavy atom. The summed E-state index contributed by atoms with van der Waals surface area (Å²) in [6.07, 6.45) is -0.0408. The molecular formula is C11H15Cl2NO. The lowest BCUT2D eigenvalue weighted by Gasteiger charge is -2.21. The van der Waals surface area contributed by atoms with Crippen molar-refractivity contribution in [3.05, 3.63) is 28.2 Å². The molecule has 0 amide bonds. The molecule has 0 saturated carbocycles. The maximum Gasteiger partial charge on any atom is 0.139 e. The molecule has 0 aliphatic rings. The van der Waals surface area contributed by atoms with E-state index in [4.69, 9.17) is 33.7 Å². The molecule has 1 atom stereocenters. The summed E-state index contributed by atoms with van der Waals surface area (Å²) in [5, 5.41) is 0.937. The van der Waals surface area contributed by atoms with Crippen molar-refractivity contribution in [1.29, 1.82) is 0 Å². The van der Waals surface area contributed by atoms with Gasteiger partial charge in [0, 0.05) is 6.54 Å². The molecule has 0 saturated heterocycles. The molecule has 84 valence electrons. The Hall–Kier alpha value is -0.440. The Morgan fingerprint density at radius 1 is 1.33 bits per heavy atom. The van der Waals surface area contributed by atoms with Crippen LogP contribution < -0.4 is 10.5 Å². The average molecular weight is 248 g/mol. The summed E-state index contributed by atoms with van der Waals surface area (Å²) in [7, 11) is 0. The smallest absolute Gasteiger partial charge is 0.139 e. The van der Waals surface area contributed by atoms with Gasteiger partial charge >= 0.3 is 0 Å². The van der Waals surface area contributed by atoms with Gasteiger partial charge in [0.2, 0.25) is 0 Å². The minimum Gasteiger partial charge on any atom is -0.487 e. The molecule has 4 heteroatoms. The van der Waals surface area contributed by atoms with Crippen molar-refractivity contribution < 1.29 is 4.74 Å². The minimum atomic E-state index is -0.0408. The summed E-state index contributed by atoms with van der Waals surface area (Å²) in [4.78, 5) is 0. The van der Waals surface area contributed by atoms with E-state index in [2.05, 4.69) is 13.8 Å². The summed E-state index contributed by atoms with van der Waals surface area (Å²) in [6, 6.07) is 5.32. The highest BCUT2D eigenvalue weighted by atomic mass is 35.5. The van der Waals surface area contributed by atoms with Gasteiger partial charge in [0.1, 0.15) is 16.9 Å². The summed E-state index contributed by atoms with van der Waals surface area (Å²) in [5.41, 5.74) is 5.61. The SMILES string of the molecule is CC(C)C(CN)Oc1cccc(Cl)c1Cl. The van der Waals surface area contributed by atoms with Crippen molar-refractivity contribution >= 4 is 23.2 Å². The van der Waals surface area contributed by atoms with Crippen molar-refractivity contribution in [3.8, 4) is 5.75 Å². The predicted molar refractivity (Wildman–Crippen MR) is 64.8 cm³/mol. The predicted octanol–water partition coefficient (Wildman–Crippen LogP) is 3.36. The molecule has 0 aliphatic carbocycles. The molecule has 0 spiro atoms. The molecule has 1 unspecified atom stereocenters. The maximum absolute atomic E-state index is 6.00. The first-order valence-electron chi connectivity index (χ1n) is 4.87. The zero-order valence-corrected chi connectivity index (χ0v) is 10.3. The fourth-order valence-corrected chi connectivity index (χ4v) is 1.53. The first-order valence-corrected chi connectivity index (χ1v) is 5.62. The Labute approximate surface area is 100 Å². The lowest BCUT2D eigenvalue weighted by Crippen LogP contribution is -2.31. The normalized spacial score (nSPS) is 12.9. The van der Waals surface area contributed by atoms with Gasteiger partial charge in [-0.2, -0.15) is 0 Å². The van der Waals surface area contributed by atoms with Crippen LogP contribution in [0.3, 0.4) is 0 Å². The molecule has 0 bridgehead atoms. The van der Waals surface area contributed by atoms with Crippen molar-refractivity contribution in [2.45, 2.75) is 20.0 Å². The lowest BCUT2D eigenvalue weighted by molar-refractivity contribution is 0.159. The van der Waals surface area contributed by atoms with Crippen LogP contribution in [0.5, 0.6) is 5.75 Å².